The van der Waals surface area contributed by atoms with Gasteiger partial charge in [-0.25, -0.2) is 9.71 Å². The van der Waals surface area contributed by atoms with Gasteiger partial charge in [0, 0.05) is 13.1 Å². The maximum atomic E-state index is 11.5. The summed E-state index contributed by atoms with van der Waals surface area (Å²) < 4.78 is 24.9. The van der Waals surface area contributed by atoms with E-state index in [1.54, 1.807) is 6.07 Å². The number of aromatic nitrogens is 1. The second kappa shape index (κ2) is 4.61. The van der Waals surface area contributed by atoms with Gasteiger partial charge >= 0.3 is 0 Å². The summed E-state index contributed by atoms with van der Waals surface area (Å²) in [6.07, 6.45) is 1.50. The van der Waals surface area contributed by atoms with Crippen molar-refractivity contribution in [1.29, 1.82) is 0 Å². The number of pyridine rings is 1. The van der Waals surface area contributed by atoms with Crippen LogP contribution in [-0.2, 0) is 14.8 Å². The van der Waals surface area contributed by atoms with Crippen LogP contribution in [0.4, 0.5) is 0 Å². The fourth-order valence-corrected chi connectivity index (χ4v) is 2.06. The molecule has 0 atom stereocenters. The van der Waals surface area contributed by atoms with E-state index in [0.29, 0.717) is 0 Å². The molecule has 1 N–H and O–H groups in total. The van der Waals surface area contributed by atoms with Gasteiger partial charge in [0.2, 0.25) is 5.91 Å². The molecule has 1 amide bonds. The SMILES string of the molecule is CC(=O)NS(=O)(=O)c1ccc(C(C)C)cn1. The first-order chi connectivity index (χ1) is 7.33. The van der Waals surface area contributed by atoms with E-state index in [2.05, 4.69) is 4.98 Å². The van der Waals surface area contributed by atoms with E-state index in [9.17, 15) is 13.2 Å². The lowest BCUT2D eigenvalue weighted by Crippen LogP contribution is -2.28. The molecular weight excluding hydrogens is 228 g/mol. The zero-order valence-electron chi connectivity index (χ0n) is 9.39. The fraction of sp³-hybridized carbons (Fsp3) is 0.400. The molecule has 88 valence electrons. The van der Waals surface area contributed by atoms with E-state index in [4.69, 9.17) is 0 Å². The molecule has 0 aromatic carbocycles. The van der Waals surface area contributed by atoms with Crippen LogP contribution < -0.4 is 4.72 Å². The van der Waals surface area contributed by atoms with Gasteiger partial charge in [-0.15, -0.1) is 0 Å². The molecule has 1 heterocycles. The smallest absolute Gasteiger partial charge is 0.274 e. The lowest BCUT2D eigenvalue weighted by atomic mass is 10.1. The van der Waals surface area contributed by atoms with Gasteiger partial charge in [0.05, 0.1) is 0 Å². The van der Waals surface area contributed by atoms with Crippen molar-refractivity contribution < 1.29 is 13.2 Å². The Balaban J connectivity index is 3.02. The molecule has 5 nitrogen and oxygen atoms in total. The number of nitrogens with zero attached hydrogens (tertiary/aromatic N) is 1. The van der Waals surface area contributed by atoms with Gasteiger partial charge in [-0.2, -0.15) is 8.42 Å². The van der Waals surface area contributed by atoms with Crippen molar-refractivity contribution in [3.05, 3.63) is 23.9 Å². The third-order valence-corrected chi connectivity index (χ3v) is 3.33. The van der Waals surface area contributed by atoms with Crippen molar-refractivity contribution in [2.75, 3.05) is 0 Å². The van der Waals surface area contributed by atoms with Gasteiger partial charge in [-0.3, -0.25) is 4.79 Å². The zero-order chi connectivity index (χ0) is 12.3. The zero-order valence-corrected chi connectivity index (χ0v) is 10.2. The fourth-order valence-electron chi connectivity index (χ4n) is 1.13. The largest absolute Gasteiger partial charge is 0.281 e. The molecule has 0 aliphatic rings. The van der Waals surface area contributed by atoms with E-state index >= 15 is 0 Å². The van der Waals surface area contributed by atoms with E-state index < -0.39 is 15.9 Å². The maximum Gasteiger partial charge on any atom is 0.281 e. The molecule has 1 rings (SSSR count). The monoisotopic (exact) mass is 242 g/mol. The van der Waals surface area contributed by atoms with Gasteiger partial charge in [0.15, 0.2) is 5.03 Å². The van der Waals surface area contributed by atoms with E-state index in [1.165, 1.54) is 12.3 Å². The Kier molecular flexibility index (Phi) is 3.64. The Hall–Kier alpha value is -1.43. The Morgan fingerprint density at radius 2 is 2.00 bits per heavy atom. The molecule has 1 aromatic rings. The van der Waals surface area contributed by atoms with Crippen LogP contribution in [0.2, 0.25) is 0 Å². The summed E-state index contributed by atoms with van der Waals surface area (Å²) in [6.45, 7) is 5.11. The topological polar surface area (TPSA) is 76.1 Å². The molecule has 0 bridgehead atoms. The summed E-state index contributed by atoms with van der Waals surface area (Å²) in [7, 11) is -3.81. The van der Waals surface area contributed by atoms with Crippen molar-refractivity contribution in [1.82, 2.24) is 9.71 Å². The number of nitrogens with one attached hydrogen (secondary N) is 1. The predicted molar refractivity (Wildman–Crippen MR) is 59.3 cm³/mol. The first-order valence-corrected chi connectivity index (χ1v) is 6.30. The van der Waals surface area contributed by atoms with Crippen LogP contribution in [-0.4, -0.2) is 19.3 Å². The molecule has 0 spiro atoms. The van der Waals surface area contributed by atoms with Gasteiger partial charge in [0.25, 0.3) is 10.0 Å². The van der Waals surface area contributed by atoms with Crippen LogP contribution in [0, 0.1) is 0 Å². The van der Waals surface area contributed by atoms with Crippen molar-refractivity contribution in [2.24, 2.45) is 0 Å². The molecule has 0 unspecified atom stereocenters. The highest BCUT2D eigenvalue weighted by Gasteiger charge is 2.16. The number of carbonyl (C=O) groups is 1. The number of carbonyl (C=O) groups excluding carboxylic acids is 1. The van der Waals surface area contributed by atoms with Crippen LogP contribution in [0.1, 0.15) is 32.3 Å². The summed E-state index contributed by atoms with van der Waals surface area (Å²) in [5.41, 5.74) is 0.946. The molecule has 0 saturated carbocycles. The van der Waals surface area contributed by atoms with Gasteiger partial charge in [-0.1, -0.05) is 19.9 Å². The maximum absolute atomic E-state index is 11.5. The highest BCUT2D eigenvalue weighted by molar-refractivity contribution is 7.90. The van der Waals surface area contributed by atoms with Crippen LogP contribution in [0.25, 0.3) is 0 Å². The minimum absolute atomic E-state index is 0.146. The van der Waals surface area contributed by atoms with E-state index in [-0.39, 0.29) is 10.9 Å². The quantitative estimate of drug-likeness (QED) is 0.858. The van der Waals surface area contributed by atoms with Crippen LogP contribution in [0.3, 0.4) is 0 Å². The summed E-state index contributed by atoms with van der Waals surface area (Å²) in [6, 6.07) is 3.08. The molecule has 0 fully saturated rings. The lowest BCUT2D eigenvalue weighted by molar-refractivity contribution is -0.117. The number of sulfonamides is 1. The summed E-state index contributed by atoms with van der Waals surface area (Å²) >= 11 is 0. The summed E-state index contributed by atoms with van der Waals surface area (Å²) in [5.74, 6) is -0.347. The van der Waals surface area contributed by atoms with Crippen LogP contribution >= 0.6 is 0 Å². The number of hydrogen-bond acceptors (Lipinski definition) is 4. The highest BCUT2D eigenvalue weighted by atomic mass is 32.2. The molecule has 0 aliphatic carbocycles. The van der Waals surface area contributed by atoms with Crippen molar-refractivity contribution in [3.63, 3.8) is 0 Å². The number of amides is 1. The second-order valence-corrected chi connectivity index (χ2v) is 5.38. The average Bonchev–Trinajstić information content (AvgIpc) is 2.16. The van der Waals surface area contributed by atoms with Crippen molar-refractivity contribution in [3.8, 4) is 0 Å². The molecule has 1 aromatic heterocycles. The molecular formula is C10H14N2O3S. The van der Waals surface area contributed by atoms with Crippen molar-refractivity contribution in [2.45, 2.75) is 31.7 Å². The minimum Gasteiger partial charge on any atom is -0.274 e. The standard InChI is InChI=1S/C10H14N2O3S/c1-7(2)9-4-5-10(11-6-9)16(14,15)12-8(3)13/h4-7H,1-3H3,(H,12,13). The summed E-state index contributed by atoms with van der Waals surface area (Å²) in [4.78, 5) is 14.5. The summed E-state index contributed by atoms with van der Waals surface area (Å²) in [5, 5.41) is -0.146. The predicted octanol–water partition coefficient (Wildman–Crippen LogP) is 1.03. The normalized spacial score (nSPS) is 11.5. The van der Waals surface area contributed by atoms with Gasteiger partial charge in [0.1, 0.15) is 0 Å². The Morgan fingerprint density at radius 1 is 1.38 bits per heavy atom. The van der Waals surface area contributed by atoms with Gasteiger partial charge in [-0.05, 0) is 17.5 Å². The first kappa shape index (κ1) is 12.6. The van der Waals surface area contributed by atoms with Crippen molar-refractivity contribution >= 4 is 15.9 Å². The second-order valence-electron chi connectivity index (χ2n) is 3.75. The van der Waals surface area contributed by atoms with Crippen LogP contribution in [0.15, 0.2) is 23.4 Å². The molecule has 6 heteroatoms. The Labute approximate surface area is 94.9 Å². The van der Waals surface area contributed by atoms with Gasteiger partial charge < -0.3 is 0 Å². The van der Waals surface area contributed by atoms with E-state index in [0.717, 1.165) is 12.5 Å². The highest BCUT2D eigenvalue weighted by Crippen LogP contribution is 2.14. The minimum atomic E-state index is -3.81. The number of hydrogen-bond donors (Lipinski definition) is 1. The third-order valence-electron chi connectivity index (χ3n) is 1.98. The first-order valence-electron chi connectivity index (χ1n) is 4.82. The average molecular weight is 242 g/mol. The Bertz CT molecular complexity index is 477. The Morgan fingerprint density at radius 3 is 2.38 bits per heavy atom. The molecule has 16 heavy (non-hydrogen) atoms. The third kappa shape index (κ3) is 3.03. The lowest BCUT2D eigenvalue weighted by Gasteiger charge is -2.06. The number of rotatable bonds is 3. The van der Waals surface area contributed by atoms with E-state index in [1.807, 2.05) is 18.6 Å². The van der Waals surface area contributed by atoms with Crippen LogP contribution in [0.5, 0.6) is 0 Å². The molecule has 0 aliphatic heterocycles. The molecule has 0 radical (unpaired) electrons. The molecule has 0 saturated heterocycles.